The van der Waals surface area contributed by atoms with Crippen molar-refractivity contribution in [3.05, 3.63) is 47.3 Å². The Hall–Kier alpha value is -3.76. The number of alkyl halides is 3. The van der Waals surface area contributed by atoms with E-state index in [9.17, 15) is 22.8 Å². The SMILES string of the molecule is CCc1cc(N2C(=S)N(c3cnc(C#N)c(C(F)(F)F)c3)C(=O)C2(C)C)ccc1OCCC1CCN(CC(N)=O)CC1. The van der Waals surface area contributed by atoms with Gasteiger partial charge >= 0.3 is 6.18 Å². The number of primary amides is 1. The highest BCUT2D eigenvalue weighted by molar-refractivity contribution is 7.81. The first kappa shape index (κ1) is 31.2. The van der Waals surface area contributed by atoms with E-state index < -0.39 is 28.9 Å². The number of anilines is 2. The van der Waals surface area contributed by atoms with Crippen LogP contribution in [0.1, 0.15) is 56.9 Å². The number of carbonyl (C=O) groups is 2. The van der Waals surface area contributed by atoms with Crippen LogP contribution in [0.2, 0.25) is 0 Å². The fourth-order valence-electron chi connectivity index (χ4n) is 5.45. The number of carbonyl (C=O) groups excluding carboxylic acids is 2. The van der Waals surface area contributed by atoms with E-state index in [1.807, 2.05) is 19.1 Å². The van der Waals surface area contributed by atoms with Gasteiger partial charge in [0, 0.05) is 5.69 Å². The fraction of sp³-hybridized carbons (Fsp3) is 0.483. The van der Waals surface area contributed by atoms with E-state index in [-0.39, 0.29) is 23.3 Å². The minimum Gasteiger partial charge on any atom is -0.493 e. The molecule has 2 aromatic rings. The number of hydrogen-bond acceptors (Lipinski definition) is 7. The van der Waals surface area contributed by atoms with E-state index in [1.54, 1.807) is 24.8 Å². The van der Waals surface area contributed by atoms with Crippen LogP contribution in [0.25, 0.3) is 0 Å². The number of hydrogen-bond donors (Lipinski definition) is 1. The highest BCUT2D eigenvalue weighted by Crippen LogP contribution is 2.40. The Kier molecular flexibility index (Phi) is 9.08. The Morgan fingerprint density at radius 1 is 1.24 bits per heavy atom. The van der Waals surface area contributed by atoms with Crippen molar-refractivity contribution in [2.45, 2.75) is 58.2 Å². The average Bonchev–Trinajstić information content (AvgIpc) is 3.11. The van der Waals surface area contributed by atoms with Gasteiger partial charge in [-0.25, -0.2) is 4.98 Å². The Morgan fingerprint density at radius 3 is 2.52 bits per heavy atom. The molecule has 0 atom stereocenters. The van der Waals surface area contributed by atoms with E-state index in [4.69, 9.17) is 28.0 Å². The molecule has 42 heavy (non-hydrogen) atoms. The molecule has 0 bridgehead atoms. The number of rotatable bonds is 9. The largest absolute Gasteiger partial charge is 0.493 e. The zero-order valence-electron chi connectivity index (χ0n) is 23.7. The molecule has 0 radical (unpaired) electrons. The number of halogens is 3. The quantitative estimate of drug-likeness (QED) is 0.420. The van der Waals surface area contributed by atoms with Crippen LogP contribution in [0, 0.1) is 17.2 Å². The number of piperidine rings is 1. The maximum atomic E-state index is 13.6. The maximum absolute atomic E-state index is 13.6. The van der Waals surface area contributed by atoms with Crippen LogP contribution in [-0.2, 0) is 22.2 Å². The van der Waals surface area contributed by atoms with E-state index in [2.05, 4.69) is 9.88 Å². The molecule has 3 heterocycles. The number of pyridine rings is 1. The van der Waals surface area contributed by atoms with Gasteiger partial charge in [0.25, 0.3) is 5.91 Å². The maximum Gasteiger partial charge on any atom is 0.419 e. The molecule has 2 fully saturated rings. The molecule has 13 heteroatoms. The number of aromatic nitrogens is 1. The summed E-state index contributed by atoms with van der Waals surface area (Å²) in [6, 6.07) is 7.65. The number of likely N-dealkylation sites (tertiary alicyclic amines) is 1. The third-order valence-electron chi connectivity index (χ3n) is 7.76. The second-order valence-corrected chi connectivity index (χ2v) is 11.4. The lowest BCUT2D eigenvalue weighted by Crippen LogP contribution is -2.44. The van der Waals surface area contributed by atoms with Crippen LogP contribution in [0.15, 0.2) is 30.5 Å². The minimum atomic E-state index is -4.83. The molecular weight excluding hydrogens is 569 g/mol. The van der Waals surface area contributed by atoms with Gasteiger partial charge in [0.2, 0.25) is 5.91 Å². The summed E-state index contributed by atoms with van der Waals surface area (Å²) in [6.45, 7) is 7.75. The second-order valence-electron chi connectivity index (χ2n) is 11.0. The Morgan fingerprint density at radius 2 is 1.93 bits per heavy atom. The van der Waals surface area contributed by atoms with Gasteiger partial charge < -0.3 is 15.4 Å². The number of benzene rings is 1. The van der Waals surface area contributed by atoms with Crippen LogP contribution in [-0.4, -0.2) is 58.6 Å². The summed E-state index contributed by atoms with van der Waals surface area (Å²) in [6.07, 6.45) is -0.319. The van der Waals surface area contributed by atoms with E-state index >= 15 is 0 Å². The summed E-state index contributed by atoms with van der Waals surface area (Å²) in [4.78, 5) is 33.0. The molecule has 0 aliphatic carbocycles. The molecule has 4 rings (SSSR count). The standard InChI is InChI=1S/C29H33F3N6O3S/c1-4-19-13-20(5-6-24(19)41-12-9-18-7-10-36(11-8-18)17-25(34)39)38-27(42)37(26(40)28(38,2)3)21-14-22(29(30,31)32)23(15-33)35-16-21/h5-6,13-14,16,18H,4,7-12,17H2,1-3H3,(H2,34,39). The topological polar surface area (TPSA) is 116 Å². The second kappa shape index (κ2) is 12.2. The number of nitriles is 1. The molecular formula is C29H33F3N6O3S. The first-order chi connectivity index (χ1) is 19.8. The molecule has 2 saturated heterocycles. The van der Waals surface area contributed by atoms with Crippen LogP contribution in [0.3, 0.4) is 0 Å². The number of nitrogens with zero attached hydrogens (tertiary/aromatic N) is 5. The molecule has 2 aliphatic heterocycles. The van der Waals surface area contributed by atoms with Crippen molar-refractivity contribution < 1.29 is 27.5 Å². The monoisotopic (exact) mass is 602 g/mol. The van der Waals surface area contributed by atoms with Gasteiger partial charge in [-0.05, 0) is 101 Å². The predicted molar refractivity (Wildman–Crippen MR) is 155 cm³/mol. The van der Waals surface area contributed by atoms with Crippen molar-refractivity contribution >= 4 is 40.5 Å². The Bertz CT molecular complexity index is 1420. The average molecular weight is 603 g/mol. The number of aryl methyl sites for hydroxylation is 1. The molecule has 0 saturated carbocycles. The summed E-state index contributed by atoms with van der Waals surface area (Å²) in [5.41, 5.74) is 3.40. The third kappa shape index (κ3) is 6.34. The van der Waals surface area contributed by atoms with E-state index in [0.717, 1.165) is 55.1 Å². The highest BCUT2D eigenvalue weighted by Gasteiger charge is 2.51. The summed E-state index contributed by atoms with van der Waals surface area (Å²) in [5.74, 6) is 0.370. The zero-order valence-corrected chi connectivity index (χ0v) is 24.5. The Labute approximate surface area is 248 Å². The van der Waals surface area contributed by atoms with Crippen molar-refractivity contribution in [3.63, 3.8) is 0 Å². The Balaban J connectivity index is 1.50. The molecule has 2 aliphatic rings. The van der Waals surface area contributed by atoms with Crippen molar-refractivity contribution in [1.82, 2.24) is 9.88 Å². The number of ether oxygens (including phenoxy) is 1. The lowest BCUT2D eigenvalue weighted by Gasteiger charge is -2.31. The van der Waals surface area contributed by atoms with Crippen molar-refractivity contribution in [2.75, 3.05) is 36.0 Å². The normalized spacial score (nSPS) is 17.9. The predicted octanol–water partition coefficient (Wildman–Crippen LogP) is 4.42. The molecule has 9 nitrogen and oxygen atoms in total. The van der Waals surface area contributed by atoms with Crippen molar-refractivity contribution in [1.29, 1.82) is 5.26 Å². The van der Waals surface area contributed by atoms with Crippen LogP contribution in [0.4, 0.5) is 24.5 Å². The molecule has 1 aromatic heterocycles. The van der Waals surface area contributed by atoms with Gasteiger partial charge in [-0.1, -0.05) is 6.92 Å². The zero-order chi connectivity index (χ0) is 30.8. The van der Waals surface area contributed by atoms with Gasteiger partial charge in [-0.3, -0.25) is 19.4 Å². The lowest BCUT2D eigenvalue weighted by atomic mass is 9.94. The molecule has 1 aromatic carbocycles. The van der Waals surface area contributed by atoms with Crippen LogP contribution >= 0.6 is 12.2 Å². The molecule has 2 N–H and O–H groups in total. The first-order valence-corrected chi connectivity index (χ1v) is 14.1. The van der Waals surface area contributed by atoms with Crippen LogP contribution < -0.4 is 20.3 Å². The summed E-state index contributed by atoms with van der Waals surface area (Å²) in [5, 5.41) is 9.09. The van der Waals surface area contributed by atoms with E-state index in [1.165, 1.54) is 6.07 Å². The molecule has 0 unspecified atom stereocenters. The number of amides is 2. The number of nitrogens with two attached hydrogens (primary N) is 1. The summed E-state index contributed by atoms with van der Waals surface area (Å²) in [7, 11) is 0. The first-order valence-electron chi connectivity index (χ1n) is 13.7. The van der Waals surface area contributed by atoms with Gasteiger partial charge in [-0.2, -0.15) is 18.4 Å². The third-order valence-corrected chi connectivity index (χ3v) is 8.13. The summed E-state index contributed by atoms with van der Waals surface area (Å²) >= 11 is 5.63. The van der Waals surface area contributed by atoms with Gasteiger partial charge in [0.1, 0.15) is 17.4 Å². The lowest BCUT2D eigenvalue weighted by molar-refractivity contribution is -0.138. The van der Waals surface area contributed by atoms with Gasteiger partial charge in [0.05, 0.1) is 30.6 Å². The van der Waals surface area contributed by atoms with Crippen molar-refractivity contribution in [2.24, 2.45) is 11.7 Å². The smallest absolute Gasteiger partial charge is 0.419 e. The van der Waals surface area contributed by atoms with Crippen LogP contribution in [0.5, 0.6) is 5.75 Å². The van der Waals surface area contributed by atoms with Gasteiger partial charge in [-0.15, -0.1) is 0 Å². The fourth-order valence-corrected chi connectivity index (χ4v) is 5.97. The molecule has 224 valence electrons. The number of thiocarbonyl (C=S) groups is 1. The summed E-state index contributed by atoms with van der Waals surface area (Å²) < 4.78 is 46.9. The molecule has 0 spiro atoms. The highest BCUT2D eigenvalue weighted by atomic mass is 32.1. The van der Waals surface area contributed by atoms with Gasteiger partial charge in [0.15, 0.2) is 10.8 Å². The van der Waals surface area contributed by atoms with Crippen molar-refractivity contribution in [3.8, 4) is 11.8 Å². The van der Waals surface area contributed by atoms with E-state index in [0.29, 0.717) is 30.4 Å². The minimum absolute atomic E-state index is 0.00281. The molecule has 2 amide bonds.